The van der Waals surface area contributed by atoms with E-state index >= 15 is 0 Å². The summed E-state index contributed by atoms with van der Waals surface area (Å²) in [5.41, 5.74) is 0.798. The summed E-state index contributed by atoms with van der Waals surface area (Å²) in [6, 6.07) is 9.60. The van der Waals surface area contributed by atoms with Gasteiger partial charge in [0.05, 0.1) is 0 Å². The molecule has 2 atom stereocenters. The highest BCUT2D eigenvalue weighted by atomic mass is 19.1. The summed E-state index contributed by atoms with van der Waals surface area (Å²) in [4.78, 5) is 40.7. The van der Waals surface area contributed by atoms with Gasteiger partial charge < -0.3 is 25.0 Å². The van der Waals surface area contributed by atoms with Gasteiger partial charge in [0.2, 0.25) is 12.7 Å². The summed E-state index contributed by atoms with van der Waals surface area (Å²) in [5.74, 6) is -0.262. The third-order valence-electron chi connectivity index (χ3n) is 6.59. The Hall–Kier alpha value is -3.62. The number of halogens is 1. The van der Waals surface area contributed by atoms with Crippen molar-refractivity contribution in [3.05, 3.63) is 59.4 Å². The number of hydrogen-bond acceptors (Lipinski definition) is 5. The van der Waals surface area contributed by atoms with Gasteiger partial charge in [0.25, 0.3) is 11.8 Å². The second kappa shape index (κ2) is 10.8. The van der Waals surface area contributed by atoms with E-state index in [4.69, 9.17) is 9.47 Å². The number of amides is 3. The van der Waals surface area contributed by atoms with Crippen LogP contribution >= 0.6 is 0 Å². The Morgan fingerprint density at radius 2 is 1.66 bits per heavy atom. The molecule has 9 heteroatoms. The molecule has 2 N–H and O–H groups in total. The van der Waals surface area contributed by atoms with E-state index in [2.05, 4.69) is 10.6 Å². The maximum absolute atomic E-state index is 13.2. The van der Waals surface area contributed by atoms with Gasteiger partial charge in [-0.15, -0.1) is 0 Å². The first-order valence-electron chi connectivity index (χ1n) is 11.9. The zero-order chi connectivity index (χ0) is 24.9. The van der Waals surface area contributed by atoms with Crippen molar-refractivity contribution in [3.63, 3.8) is 0 Å². The molecule has 4 rings (SSSR count). The molecular formula is C26H30FN3O5. The minimum absolute atomic E-state index is 0.0346. The predicted molar refractivity (Wildman–Crippen MR) is 127 cm³/mol. The lowest BCUT2D eigenvalue weighted by molar-refractivity contribution is -0.125. The van der Waals surface area contributed by atoms with Gasteiger partial charge in [0.1, 0.15) is 11.9 Å². The van der Waals surface area contributed by atoms with Crippen molar-refractivity contribution in [2.45, 2.75) is 45.2 Å². The highest BCUT2D eigenvalue weighted by molar-refractivity contribution is 5.98. The highest BCUT2D eigenvalue weighted by Crippen LogP contribution is 2.32. The van der Waals surface area contributed by atoms with Gasteiger partial charge >= 0.3 is 0 Å². The number of carbonyl (C=O) groups is 3. The van der Waals surface area contributed by atoms with E-state index in [0.29, 0.717) is 48.6 Å². The number of fused-ring (bicyclic) bond motifs is 1. The van der Waals surface area contributed by atoms with Crippen LogP contribution in [0.5, 0.6) is 11.5 Å². The molecule has 0 bridgehead atoms. The molecule has 2 unspecified atom stereocenters. The molecule has 2 heterocycles. The number of rotatable bonds is 7. The third-order valence-corrected chi connectivity index (χ3v) is 6.59. The quantitative estimate of drug-likeness (QED) is 0.631. The molecule has 0 saturated carbocycles. The molecule has 35 heavy (non-hydrogen) atoms. The first-order chi connectivity index (χ1) is 16.9. The minimum Gasteiger partial charge on any atom is -0.454 e. The van der Waals surface area contributed by atoms with Gasteiger partial charge in [0.15, 0.2) is 11.5 Å². The lowest BCUT2D eigenvalue weighted by Gasteiger charge is -2.36. The van der Waals surface area contributed by atoms with Crippen molar-refractivity contribution in [2.75, 3.05) is 19.9 Å². The average molecular weight is 484 g/mol. The van der Waals surface area contributed by atoms with Crippen LogP contribution in [0.3, 0.4) is 0 Å². The Balaban J connectivity index is 1.44. The van der Waals surface area contributed by atoms with Gasteiger partial charge in [-0.2, -0.15) is 0 Å². The van der Waals surface area contributed by atoms with Crippen LogP contribution in [-0.4, -0.2) is 54.6 Å². The number of benzene rings is 2. The second-order valence-corrected chi connectivity index (χ2v) is 8.97. The molecule has 2 aromatic carbocycles. The normalized spacial score (nSPS) is 16.9. The van der Waals surface area contributed by atoms with Crippen LogP contribution in [0.15, 0.2) is 42.5 Å². The number of nitrogens with one attached hydrogen (secondary N) is 2. The van der Waals surface area contributed by atoms with Crippen LogP contribution < -0.4 is 20.1 Å². The predicted octanol–water partition coefficient (Wildman–Crippen LogP) is 3.12. The molecule has 1 saturated heterocycles. The average Bonchev–Trinajstić information content (AvgIpc) is 3.35. The van der Waals surface area contributed by atoms with Crippen molar-refractivity contribution in [3.8, 4) is 11.5 Å². The summed E-state index contributed by atoms with van der Waals surface area (Å²) in [5, 5.41) is 5.89. The number of nitrogens with zero attached hydrogens (tertiary/aromatic N) is 1. The largest absolute Gasteiger partial charge is 0.454 e. The Bertz CT molecular complexity index is 1080. The highest BCUT2D eigenvalue weighted by Gasteiger charge is 2.34. The van der Waals surface area contributed by atoms with Gasteiger partial charge in [0, 0.05) is 30.3 Å². The number of piperidine rings is 1. The molecule has 0 aromatic heterocycles. The van der Waals surface area contributed by atoms with Crippen molar-refractivity contribution >= 4 is 17.7 Å². The SMILES string of the molecule is CCC(C)NC(=O)C(NC(=O)c1ccc2c(c1)OCO2)C1CCN(C(=O)c2ccc(F)cc2)CC1. The third kappa shape index (κ3) is 5.72. The molecule has 0 radical (unpaired) electrons. The fourth-order valence-electron chi connectivity index (χ4n) is 4.31. The first kappa shape index (κ1) is 24.5. The summed E-state index contributed by atoms with van der Waals surface area (Å²) in [7, 11) is 0. The zero-order valence-corrected chi connectivity index (χ0v) is 19.9. The number of hydrogen-bond donors (Lipinski definition) is 2. The van der Waals surface area contributed by atoms with E-state index in [1.165, 1.54) is 24.3 Å². The molecule has 1 fully saturated rings. The van der Waals surface area contributed by atoms with Crippen LogP contribution in [0.25, 0.3) is 0 Å². The topological polar surface area (TPSA) is 97.0 Å². The molecule has 0 aliphatic carbocycles. The van der Waals surface area contributed by atoms with Gasteiger partial charge in [-0.3, -0.25) is 14.4 Å². The lowest BCUT2D eigenvalue weighted by Crippen LogP contribution is -2.55. The second-order valence-electron chi connectivity index (χ2n) is 8.97. The van der Waals surface area contributed by atoms with E-state index < -0.39 is 11.9 Å². The number of likely N-dealkylation sites (tertiary alicyclic amines) is 1. The van der Waals surface area contributed by atoms with Crippen LogP contribution in [0.1, 0.15) is 53.8 Å². The van der Waals surface area contributed by atoms with E-state index in [-0.39, 0.29) is 36.5 Å². The maximum Gasteiger partial charge on any atom is 0.253 e. The zero-order valence-electron chi connectivity index (χ0n) is 19.9. The van der Waals surface area contributed by atoms with Crippen LogP contribution in [-0.2, 0) is 4.79 Å². The summed E-state index contributed by atoms with van der Waals surface area (Å²) < 4.78 is 23.9. The molecule has 186 valence electrons. The Kier molecular flexibility index (Phi) is 7.53. The van der Waals surface area contributed by atoms with E-state index in [9.17, 15) is 18.8 Å². The van der Waals surface area contributed by atoms with Crippen LogP contribution in [0.2, 0.25) is 0 Å². The summed E-state index contributed by atoms with van der Waals surface area (Å²) in [6.07, 6.45) is 1.86. The van der Waals surface area contributed by atoms with E-state index in [0.717, 1.165) is 6.42 Å². The van der Waals surface area contributed by atoms with Crippen LogP contribution in [0.4, 0.5) is 4.39 Å². The molecular weight excluding hydrogens is 453 g/mol. The standard InChI is InChI=1S/C26H30FN3O5/c1-3-16(2)28-25(32)23(29-24(31)19-6-9-21-22(14-19)35-15-34-21)17-10-12-30(13-11-17)26(33)18-4-7-20(27)8-5-18/h4-9,14,16-17,23H,3,10-13,15H2,1-2H3,(H,28,32)(H,29,31). The maximum atomic E-state index is 13.2. The van der Waals surface area contributed by atoms with Crippen LogP contribution in [0, 0.1) is 11.7 Å². The van der Waals surface area contributed by atoms with Gasteiger partial charge in [-0.05, 0) is 74.6 Å². The summed E-state index contributed by atoms with van der Waals surface area (Å²) >= 11 is 0. The smallest absolute Gasteiger partial charge is 0.253 e. The molecule has 2 aliphatic rings. The monoisotopic (exact) mass is 483 g/mol. The van der Waals surface area contributed by atoms with Crippen molar-refractivity contribution in [2.24, 2.45) is 5.92 Å². The van der Waals surface area contributed by atoms with Crippen molar-refractivity contribution < 1.29 is 28.2 Å². The van der Waals surface area contributed by atoms with Crippen molar-refractivity contribution in [1.82, 2.24) is 15.5 Å². The Morgan fingerprint density at radius 3 is 2.34 bits per heavy atom. The van der Waals surface area contributed by atoms with E-state index in [1.807, 2.05) is 13.8 Å². The first-order valence-corrected chi connectivity index (χ1v) is 11.9. The molecule has 0 spiro atoms. The number of carbonyl (C=O) groups excluding carboxylic acids is 3. The molecule has 2 aromatic rings. The summed E-state index contributed by atoms with van der Waals surface area (Å²) in [6.45, 7) is 4.88. The van der Waals surface area contributed by atoms with E-state index in [1.54, 1.807) is 23.1 Å². The Morgan fingerprint density at radius 1 is 1.00 bits per heavy atom. The molecule has 8 nitrogen and oxygen atoms in total. The Labute approximate surface area is 203 Å². The fourth-order valence-corrected chi connectivity index (χ4v) is 4.31. The molecule has 2 aliphatic heterocycles. The number of ether oxygens (including phenoxy) is 2. The van der Waals surface area contributed by atoms with Crippen molar-refractivity contribution in [1.29, 1.82) is 0 Å². The van der Waals surface area contributed by atoms with Gasteiger partial charge in [-0.1, -0.05) is 6.92 Å². The lowest BCUT2D eigenvalue weighted by atomic mass is 9.88. The minimum atomic E-state index is -0.745. The molecule has 3 amide bonds. The van der Waals surface area contributed by atoms with Gasteiger partial charge in [-0.25, -0.2) is 4.39 Å². The fraction of sp³-hybridized carbons (Fsp3) is 0.423.